The highest BCUT2D eigenvalue weighted by molar-refractivity contribution is 7.13. The van der Waals surface area contributed by atoms with E-state index < -0.39 is 0 Å². The maximum absolute atomic E-state index is 6.06. The van der Waals surface area contributed by atoms with Gasteiger partial charge in [-0.15, -0.1) is 30.2 Å². The van der Waals surface area contributed by atoms with Crippen molar-refractivity contribution in [1.82, 2.24) is 14.4 Å². The molecular formula is C18H13ClN4S. The first-order chi connectivity index (χ1) is 11.3. The van der Waals surface area contributed by atoms with Crippen LogP contribution in [-0.2, 0) is 0 Å². The second-order valence-corrected chi connectivity index (χ2v) is 5.95. The van der Waals surface area contributed by atoms with Crippen LogP contribution in [0.3, 0.4) is 0 Å². The Balaban J connectivity index is 0.000000202. The van der Waals surface area contributed by atoms with E-state index in [0.29, 0.717) is 5.82 Å². The summed E-state index contributed by atoms with van der Waals surface area (Å²) in [6, 6.07) is 10.4. The number of imidazole rings is 1. The fourth-order valence-electron chi connectivity index (χ4n) is 2.37. The van der Waals surface area contributed by atoms with Crippen LogP contribution in [0, 0.1) is 12.3 Å². The minimum atomic E-state index is 0. The minimum absolute atomic E-state index is 0. The molecule has 0 radical (unpaired) electrons. The van der Waals surface area contributed by atoms with Gasteiger partial charge < -0.3 is 5.73 Å². The maximum Gasteiger partial charge on any atom is 0.157 e. The van der Waals surface area contributed by atoms with Gasteiger partial charge in [0, 0.05) is 18.0 Å². The summed E-state index contributed by atoms with van der Waals surface area (Å²) in [5.41, 5.74) is 11.2. The monoisotopic (exact) mass is 352 g/mol. The minimum Gasteiger partial charge on any atom is -0.383 e. The van der Waals surface area contributed by atoms with Crippen LogP contribution in [0.25, 0.3) is 27.3 Å². The maximum atomic E-state index is 6.06. The number of terminal acetylenes is 1. The Labute approximate surface area is 149 Å². The topological polar surface area (TPSA) is 56.2 Å². The number of nitrogens with zero attached hydrogens (tertiary/aromatic N) is 3. The normalized spacial score (nSPS) is 10.3. The van der Waals surface area contributed by atoms with Crippen molar-refractivity contribution in [3.8, 4) is 34.0 Å². The molecule has 0 aliphatic heterocycles. The standard InChI is InChI=1S/C12H8N4S.C6H4.ClH/c1-2-8-3-6-17-11(8)10-12(13)16-5-4-14-7-9(16)15-10;1-2-5-4-6(5)3-1;/h1,3-7H,13H2;1-4H;1H. The molecule has 2 N–H and O–H groups in total. The molecule has 0 aromatic carbocycles. The highest BCUT2D eigenvalue weighted by Crippen LogP contribution is 2.33. The van der Waals surface area contributed by atoms with E-state index >= 15 is 0 Å². The number of hydrogen-bond acceptors (Lipinski definition) is 4. The number of nitrogens with two attached hydrogens (primary N) is 1. The highest BCUT2D eigenvalue weighted by atomic mass is 35.5. The van der Waals surface area contributed by atoms with Gasteiger partial charge in [-0.2, -0.15) is 0 Å². The molecule has 3 aromatic heterocycles. The number of fused-ring (bicyclic) bond motifs is 2. The van der Waals surface area contributed by atoms with Crippen LogP contribution in [0.4, 0.5) is 5.82 Å². The van der Waals surface area contributed by atoms with Crippen LogP contribution in [0.1, 0.15) is 5.56 Å². The van der Waals surface area contributed by atoms with Crippen molar-refractivity contribution in [3.05, 3.63) is 59.9 Å². The van der Waals surface area contributed by atoms with Crippen molar-refractivity contribution < 1.29 is 0 Å². The number of aromatic nitrogens is 3. The van der Waals surface area contributed by atoms with Crippen LogP contribution in [0.2, 0.25) is 0 Å². The van der Waals surface area contributed by atoms with Gasteiger partial charge in [-0.25, -0.2) is 4.98 Å². The van der Waals surface area contributed by atoms with E-state index in [4.69, 9.17) is 12.2 Å². The molecule has 3 aromatic rings. The SMILES string of the molecule is C#Cc1ccsc1-c1nc2cnccn2c1N.Cl.c1cc2cc-2c1. The zero-order valence-electron chi connectivity index (χ0n) is 12.5. The third-order valence-corrected chi connectivity index (χ3v) is 4.54. The largest absolute Gasteiger partial charge is 0.383 e. The fraction of sp³-hybridized carbons (Fsp3) is 0. The predicted molar refractivity (Wildman–Crippen MR) is 101 cm³/mol. The molecule has 0 unspecified atom stereocenters. The summed E-state index contributed by atoms with van der Waals surface area (Å²) in [6.07, 6.45) is 10.6. The van der Waals surface area contributed by atoms with Gasteiger partial charge in [0.1, 0.15) is 11.5 Å². The Bertz CT molecular complexity index is 1040. The van der Waals surface area contributed by atoms with Crippen molar-refractivity contribution in [2.24, 2.45) is 0 Å². The van der Waals surface area contributed by atoms with E-state index in [2.05, 4.69) is 40.2 Å². The second kappa shape index (κ2) is 6.36. The average molecular weight is 353 g/mol. The molecule has 5 rings (SSSR count). The van der Waals surface area contributed by atoms with Gasteiger partial charge in [0.05, 0.1) is 11.1 Å². The lowest BCUT2D eigenvalue weighted by Crippen LogP contribution is -1.93. The van der Waals surface area contributed by atoms with E-state index in [1.807, 2.05) is 11.4 Å². The highest BCUT2D eigenvalue weighted by Gasteiger charge is 2.14. The lowest BCUT2D eigenvalue weighted by molar-refractivity contribution is 1.13. The number of thiophene rings is 1. The zero-order chi connectivity index (χ0) is 15.8. The third kappa shape index (κ3) is 2.73. The van der Waals surface area contributed by atoms with Crippen molar-refractivity contribution in [2.45, 2.75) is 0 Å². The second-order valence-electron chi connectivity index (χ2n) is 5.04. The smallest absolute Gasteiger partial charge is 0.157 e. The zero-order valence-corrected chi connectivity index (χ0v) is 14.1. The Morgan fingerprint density at radius 3 is 2.58 bits per heavy atom. The first-order valence-corrected chi connectivity index (χ1v) is 7.88. The van der Waals surface area contributed by atoms with Gasteiger partial charge in [-0.1, -0.05) is 24.1 Å². The van der Waals surface area contributed by atoms with Gasteiger partial charge in [0.2, 0.25) is 0 Å². The van der Waals surface area contributed by atoms with Crippen LogP contribution in [0.5, 0.6) is 0 Å². The molecule has 2 aliphatic rings. The lowest BCUT2D eigenvalue weighted by atomic mass is 10.2. The van der Waals surface area contributed by atoms with E-state index in [9.17, 15) is 0 Å². The van der Waals surface area contributed by atoms with Gasteiger partial charge >= 0.3 is 0 Å². The molecule has 4 nitrogen and oxygen atoms in total. The molecule has 0 saturated carbocycles. The summed E-state index contributed by atoms with van der Waals surface area (Å²) in [6.45, 7) is 0. The third-order valence-electron chi connectivity index (χ3n) is 3.62. The van der Waals surface area contributed by atoms with Crippen molar-refractivity contribution in [1.29, 1.82) is 0 Å². The molecule has 2 aliphatic carbocycles. The molecule has 0 amide bonds. The average Bonchev–Trinajstić information content (AvgIpc) is 2.99. The number of nitrogen functional groups attached to an aromatic ring is 1. The summed E-state index contributed by atoms with van der Waals surface area (Å²) in [5.74, 6) is 3.22. The Kier molecular flexibility index (Phi) is 4.26. The van der Waals surface area contributed by atoms with Gasteiger partial charge in [0.15, 0.2) is 5.65 Å². The fourth-order valence-corrected chi connectivity index (χ4v) is 3.23. The molecule has 3 heterocycles. The predicted octanol–water partition coefficient (Wildman–Crippen LogP) is 4.11. The number of halogens is 1. The van der Waals surface area contributed by atoms with Crippen molar-refractivity contribution >= 4 is 35.2 Å². The Morgan fingerprint density at radius 1 is 1.21 bits per heavy atom. The molecule has 0 fully saturated rings. The van der Waals surface area contributed by atoms with Crippen LogP contribution in [0.15, 0.2) is 54.3 Å². The Hall–Kier alpha value is -2.81. The number of anilines is 1. The summed E-state index contributed by atoms with van der Waals surface area (Å²) >= 11 is 1.54. The molecule has 0 atom stereocenters. The lowest BCUT2D eigenvalue weighted by Gasteiger charge is -1.96. The summed E-state index contributed by atoms with van der Waals surface area (Å²) in [7, 11) is 0. The summed E-state index contributed by atoms with van der Waals surface area (Å²) in [4.78, 5) is 9.39. The number of hydrogen-bond donors (Lipinski definition) is 1. The summed E-state index contributed by atoms with van der Waals surface area (Å²) < 4.78 is 1.79. The van der Waals surface area contributed by atoms with Crippen LogP contribution < -0.4 is 5.73 Å². The molecule has 118 valence electrons. The van der Waals surface area contributed by atoms with Gasteiger partial charge in [-0.3, -0.25) is 9.38 Å². The van der Waals surface area contributed by atoms with E-state index in [1.54, 1.807) is 23.0 Å². The Morgan fingerprint density at radius 2 is 2.00 bits per heavy atom. The molecular weight excluding hydrogens is 340 g/mol. The summed E-state index contributed by atoms with van der Waals surface area (Å²) in [5, 5.41) is 1.94. The van der Waals surface area contributed by atoms with E-state index in [-0.39, 0.29) is 12.4 Å². The van der Waals surface area contributed by atoms with Crippen molar-refractivity contribution in [3.63, 3.8) is 0 Å². The first kappa shape index (κ1) is 16.1. The van der Waals surface area contributed by atoms with Gasteiger partial charge in [0.25, 0.3) is 0 Å². The van der Waals surface area contributed by atoms with E-state index in [1.165, 1.54) is 22.5 Å². The van der Waals surface area contributed by atoms with Crippen LogP contribution >= 0.6 is 23.7 Å². The first-order valence-electron chi connectivity index (χ1n) is 7.00. The van der Waals surface area contributed by atoms with E-state index in [0.717, 1.165) is 21.8 Å². The van der Waals surface area contributed by atoms with Crippen molar-refractivity contribution in [2.75, 3.05) is 5.73 Å². The molecule has 0 saturated heterocycles. The molecule has 0 bridgehead atoms. The quantitative estimate of drug-likeness (QED) is 0.462. The molecule has 6 heteroatoms. The molecule has 0 spiro atoms. The number of benzene rings is 1. The van der Waals surface area contributed by atoms with Gasteiger partial charge in [-0.05, 0) is 28.6 Å². The van der Waals surface area contributed by atoms with Crippen LogP contribution in [-0.4, -0.2) is 14.4 Å². The molecule has 24 heavy (non-hydrogen) atoms. The number of rotatable bonds is 1.